The summed E-state index contributed by atoms with van der Waals surface area (Å²) >= 11 is 5.64. The maximum Gasteiger partial charge on any atom is 0.147 e. The molecule has 6 heteroatoms. The molecule has 0 aliphatic rings. The zero-order chi connectivity index (χ0) is 9.68. The van der Waals surface area contributed by atoms with Crippen LogP contribution in [-0.2, 0) is 6.54 Å². The van der Waals surface area contributed by atoms with Crippen molar-refractivity contribution in [2.24, 2.45) is 5.11 Å². The van der Waals surface area contributed by atoms with Crippen molar-refractivity contribution in [1.29, 1.82) is 5.26 Å². The van der Waals surface area contributed by atoms with Crippen LogP contribution in [0.25, 0.3) is 10.4 Å². The van der Waals surface area contributed by atoms with Gasteiger partial charge in [0.2, 0.25) is 0 Å². The van der Waals surface area contributed by atoms with Crippen molar-refractivity contribution >= 4 is 11.6 Å². The molecule has 5 nitrogen and oxygen atoms in total. The molecule has 0 atom stereocenters. The highest BCUT2D eigenvalue weighted by atomic mass is 35.5. The average Bonchev–Trinajstić information content (AvgIpc) is 2.15. The summed E-state index contributed by atoms with van der Waals surface area (Å²) in [6.07, 6.45) is 0. The van der Waals surface area contributed by atoms with Gasteiger partial charge in [-0.3, -0.25) is 0 Å². The topological polar surface area (TPSA) is 85.4 Å². The predicted molar refractivity (Wildman–Crippen MR) is 46.8 cm³/mol. The highest BCUT2D eigenvalue weighted by Gasteiger charge is 2.01. The number of hydrogen-bond donors (Lipinski definition) is 0. The second kappa shape index (κ2) is 4.31. The Morgan fingerprint density at radius 3 is 3.00 bits per heavy atom. The minimum atomic E-state index is 0.133. The number of halogens is 1. The van der Waals surface area contributed by atoms with E-state index in [1.165, 1.54) is 6.07 Å². The van der Waals surface area contributed by atoms with Gasteiger partial charge in [-0.2, -0.15) is 5.26 Å². The van der Waals surface area contributed by atoms with E-state index in [-0.39, 0.29) is 11.7 Å². The molecule has 1 aromatic heterocycles. The Morgan fingerprint density at radius 2 is 2.46 bits per heavy atom. The number of pyridine rings is 1. The van der Waals surface area contributed by atoms with Gasteiger partial charge in [0.1, 0.15) is 11.2 Å². The van der Waals surface area contributed by atoms with Crippen LogP contribution in [0.2, 0.25) is 5.15 Å². The SMILES string of the molecule is N#Cc1ccc(CN=[N+]=[N-])nc1Cl. The first-order valence-corrected chi connectivity index (χ1v) is 3.72. The smallest absolute Gasteiger partial charge is 0.147 e. The summed E-state index contributed by atoms with van der Waals surface area (Å²) in [4.78, 5) is 6.44. The molecule has 1 rings (SSSR count). The molecule has 0 saturated carbocycles. The molecule has 1 heterocycles. The summed E-state index contributed by atoms with van der Waals surface area (Å²) in [5, 5.41) is 12.0. The third-order valence-electron chi connectivity index (χ3n) is 1.32. The van der Waals surface area contributed by atoms with Gasteiger partial charge in [0.15, 0.2) is 0 Å². The second-order valence-corrected chi connectivity index (χ2v) is 2.50. The lowest BCUT2D eigenvalue weighted by atomic mass is 10.3. The average molecular weight is 194 g/mol. The number of rotatable bonds is 2. The fourth-order valence-corrected chi connectivity index (χ4v) is 0.961. The summed E-state index contributed by atoms with van der Waals surface area (Å²) in [5.74, 6) is 0. The maximum absolute atomic E-state index is 8.53. The maximum atomic E-state index is 8.53. The third kappa shape index (κ3) is 2.34. The van der Waals surface area contributed by atoms with Crippen molar-refractivity contribution in [3.05, 3.63) is 39.0 Å². The van der Waals surface area contributed by atoms with Crippen molar-refractivity contribution in [2.75, 3.05) is 0 Å². The van der Waals surface area contributed by atoms with E-state index in [0.29, 0.717) is 11.3 Å². The molecular weight excluding hydrogens is 190 g/mol. The molecule has 64 valence electrons. The van der Waals surface area contributed by atoms with Crippen molar-refractivity contribution in [3.8, 4) is 6.07 Å². The van der Waals surface area contributed by atoms with E-state index >= 15 is 0 Å². The summed E-state index contributed by atoms with van der Waals surface area (Å²) in [7, 11) is 0. The Morgan fingerprint density at radius 1 is 1.69 bits per heavy atom. The lowest BCUT2D eigenvalue weighted by Gasteiger charge is -1.96. The molecule has 0 saturated heterocycles. The quantitative estimate of drug-likeness (QED) is 0.313. The van der Waals surface area contributed by atoms with Crippen LogP contribution in [0, 0.1) is 11.3 Å². The van der Waals surface area contributed by atoms with E-state index in [1.54, 1.807) is 6.07 Å². The van der Waals surface area contributed by atoms with E-state index in [9.17, 15) is 0 Å². The predicted octanol–water partition coefficient (Wildman–Crippen LogP) is 2.42. The van der Waals surface area contributed by atoms with Crippen LogP contribution in [0.1, 0.15) is 11.3 Å². The van der Waals surface area contributed by atoms with Crippen molar-refractivity contribution in [2.45, 2.75) is 6.54 Å². The number of hydrogen-bond acceptors (Lipinski definition) is 3. The normalized spacial score (nSPS) is 8.62. The Bertz CT molecular complexity index is 402. The number of nitrogens with zero attached hydrogens (tertiary/aromatic N) is 5. The lowest BCUT2D eigenvalue weighted by Crippen LogP contribution is -1.89. The van der Waals surface area contributed by atoms with Crippen molar-refractivity contribution in [3.63, 3.8) is 0 Å². The number of aromatic nitrogens is 1. The lowest BCUT2D eigenvalue weighted by molar-refractivity contribution is 0.974. The molecule has 1 aromatic rings. The monoisotopic (exact) mass is 193 g/mol. The Labute approximate surface area is 79.2 Å². The van der Waals surface area contributed by atoms with Gasteiger partial charge in [-0.05, 0) is 17.7 Å². The van der Waals surface area contributed by atoms with E-state index in [4.69, 9.17) is 22.4 Å². The van der Waals surface area contributed by atoms with Gasteiger partial charge in [-0.15, -0.1) is 0 Å². The fourth-order valence-electron chi connectivity index (χ4n) is 0.747. The molecule has 0 fully saturated rings. The summed E-state index contributed by atoms with van der Waals surface area (Å²) in [6, 6.07) is 5.02. The van der Waals surface area contributed by atoms with Crippen LogP contribution in [0.3, 0.4) is 0 Å². The van der Waals surface area contributed by atoms with Crippen LogP contribution in [0.4, 0.5) is 0 Å². The fraction of sp³-hybridized carbons (Fsp3) is 0.143. The van der Waals surface area contributed by atoms with Crippen LogP contribution in [0.5, 0.6) is 0 Å². The molecule has 0 unspecified atom stereocenters. The molecule has 0 N–H and O–H groups in total. The molecule has 0 spiro atoms. The van der Waals surface area contributed by atoms with Gasteiger partial charge in [0, 0.05) is 10.6 Å². The largest absolute Gasteiger partial charge is 0.240 e. The third-order valence-corrected chi connectivity index (χ3v) is 1.61. The zero-order valence-electron chi connectivity index (χ0n) is 6.48. The summed E-state index contributed by atoms with van der Waals surface area (Å²) < 4.78 is 0. The Hall–Kier alpha value is -1.76. The van der Waals surface area contributed by atoms with Gasteiger partial charge in [0.25, 0.3) is 0 Å². The first kappa shape index (κ1) is 9.33. The van der Waals surface area contributed by atoms with E-state index < -0.39 is 0 Å². The standard InChI is InChI=1S/C7H4ClN5/c8-7-5(3-9)1-2-6(12-7)4-11-13-10/h1-2H,4H2. The Kier molecular flexibility index (Phi) is 3.09. The minimum absolute atomic E-state index is 0.133. The van der Waals surface area contributed by atoms with Crippen molar-refractivity contribution < 1.29 is 0 Å². The Balaban J connectivity index is 2.97. The van der Waals surface area contributed by atoms with Gasteiger partial charge in [-0.25, -0.2) is 4.98 Å². The van der Waals surface area contributed by atoms with Crippen LogP contribution < -0.4 is 0 Å². The van der Waals surface area contributed by atoms with Crippen LogP contribution in [-0.4, -0.2) is 4.98 Å². The molecule has 0 radical (unpaired) electrons. The summed E-state index contributed by atoms with van der Waals surface area (Å²) in [5.41, 5.74) is 8.90. The number of azide groups is 1. The molecule has 0 aliphatic carbocycles. The van der Waals surface area contributed by atoms with Crippen LogP contribution in [0.15, 0.2) is 17.2 Å². The van der Waals surface area contributed by atoms with Crippen molar-refractivity contribution in [1.82, 2.24) is 4.98 Å². The van der Waals surface area contributed by atoms with Gasteiger partial charge in [-0.1, -0.05) is 16.7 Å². The molecular formula is C7H4ClN5. The van der Waals surface area contributed by atoms with E-state index in [2.05, 4.69) is 15.0 Å². The molecule has 0 aliphatic heterocycles. The second-order valence-electron chi connectivity index (χ2n) is 2.14. The molecule has 0 bridgehead atoms. The number of nitriles is 1. The highest BCUT2D eigenvalue weighted by Crippen LogP contribution is 2.12. The van der Waals surface area contributed by atoms with Crippen LogP contribution >= 0.6 is 11.6 Å². The minimum Gasteiger partial charge on any atom is -0.240 e. The molecule has 13 heavy (non-hydrogen) atoms. The first-order chi connectivity index (χ1) is 6.27. The van der Waals surface area contributed by atoms with Gasteiger partial charge >= 0.3 is 0 Å². The van der Waals surface area contributed by atoms with Gasteiger partial charge < -0.3 is 0 Å². The molecule has 0 aromatic carbocycles. The van der Waals surface area contributed by atoms with Gasteiger partial charge in [0.05, 0.1) is 12.1 Å². The first-order valence-electron chi connectivity index (χ1n) is 3.34. The highest BCUT2D eigenvalue weighted by molar-refractivity contribution is 6.30. The van der Waals surface area contributed by atoms with E-state index in [0.717, 1.165) is 0 Å². The summed E-state index contributed by atoms with van der Waals surface area (Å²) in [6.45, 7) is 0.141. The zero-order valence-corrected chi connectivity index (χ0v) is 7.23. The van der Waals surface area contributed by atoms with E-state index in [1.807, 2.05) is 6.07 Å². The molecule has 0 amide bonds.